The van der Waals surface area contributed by atoms with Gasteiger partial charge in [0, 0.05) is 11.6 Å². The molecule has 3 aromatic carbocycles. The molecule has 0 fully saturated rings. The number of methoxy groups -OCH3 is 1. The number of hydrogen-bond acceptors (Lipinski definition) is 9. The van der Waals surface area contributed by atoms with Crippen LogP contribution in [0.2, 0.25) is 5.02 Å². The van der Waals surface area contributed by atoms with E-state index in [9.17, 15) is 33.0 Å². The van der Waals surface area contributed by atoms with Crippen molar-refractivity contribution in [2.45, 2.75) is 54.7 Å². The Labute approximate surface area is 254 Å². The Morgan fingerprint density at radius 1 is 0.977 bits per heavy atom. The van der Waals surface area contributed by atoms with E-state index < -0.39 is 51.2 Å². The average Bonchev–Trinajstić information content (AvgIpc) is 2.94. The number of carboxylic acids is 1. The Morgan fingerprint density at radius 3 is 2.21 bits per heavy atom. The fraction of sp³-hybridized carbons (Fsp3) is 0.300. The highest BCUT2D eigenvalue weighted by Crippen LogP contribution is 2.27. The molecule has 0 saturated heterocycles. The maximum atomic E-state index is 13.2. The molecule has 11 nitrogen and oxygen atoms in total. The van der Waals surface area contributed by atoms with Crippen molar-refractivity contribution in [1.82, 2.24) is 5.32 Å². The van der Waals surface area contributed by atoms with Crippen molar-refractivity contribution in [1.29, 1.82) is 0 Å². The quantitative estimate of drug-likeness (QED) is 0.219. The minimum atomic E-state index is -4.10. The Bertz CT molecular complexity index is 1590. The van der Waals surface area contributed by atoms with Gasteiger partial charge in [-0.2, -0.15) is 0 Å². The maximum Gasteiger partial charge on any atom is 0.411 e. The molecule has 0 aliphatic carbocycles. The second-order valence-corrected chi connectivity index (χ2v) is 12.9. The summed E-state index contributed by atoms with van der Waals surface area (Å²) in [6, 6.07) is 14.7. The molecule has 0 aliphatic rings. The van der Waals surface area contributed by atoms with Crippen molar-refractivity contribution in [3.8, 4) is 0 Å². The molecule has 0 saturated carbocycles. The third-order valence-corrected chi connectivity index (χ3v) is 8.13. The van der Waals surface area contributed by atoms with E-state index in [2.05, 4.69) is 15.4 Å². The number of rotatable bonds is 11. The smallest absolute Gasteiger partial charge is 0.411 e. The van der Waals surface area contributed by atoms with Gasteiger partial charge >= 0.3 is 18.0 Å². The highest BCUT2D eigenvalue weighted by atomic mass is 35.5. The van der Waals surface area contributed by atoms with E-state index in [0.717, 1.165) is 18.7 Å². The maximum absolute atomic E-state index is 13.2. The number of aromatic carboxylic acids is 1. The zero-order valence-corrected chi connectivity index (χ0v) is 25.5. The van der Waals surface area contributed by atoms with Gasteiger partial charge in [-0.3, -0.25) is 10.1 Å². The minimum absolute atomic E-state index is 0.0720. The normalized spacial score (nSPS) is 13.1. The molecule has 4 N–H and O–H groups in total. The number of carbonyl (C=O) groups excluding carboxylic acids is 2. The van der Waals surface area contributed by atoms with Crippen molar-refractivity contribution >= 4 is 45.2 Å². The second-order valence-electron chi connectivity index (χ2n) is 10.5. The van der Waals surface area contributed by atoms with E-state index in [0.29, 0.717) is 17.0 Å². The van der Waals surface area contributed by atoms with Gasteiger partial charge in [-0.1, -0.05) is 35.9 Å². The number of aliphatic hydroxyl groups excluding tert-OH is 1. The Balaban J connectivity index is 1.75. The fourth-order valence-corrected chi connectivity index (χ4v) is 5.54. The average molecular weight is 633 g/mol. The molecule has 1 unspecified atom stereocenters. The number of sulfone groups is 1. The van der Waals surface area contributed by atoms with Crippen LogP contribution in [0.4, 0.5) is 10.5 Å². The van der Waals surface area contributed by atoms with Crippen LogP contribution >= 0.6 is 11.6 Å². The van der Waals surface area contributed by atoms with Gasteiger partial charge < -0.3 is 25.0 Å². The first-order chi connectivity index (χ1) is 20.1. The van der Waals surface area contributed by atoms with Crippen LogP contribution in [0.1, 0.15) is 48.4 Å². The molecule has 3 aromatic rings. The predicted octanol–water partition coefficient (Wildman–Crippen LogP) is 4.63. The number of aliphatic hydroxyl groups is 1. The van der Waals surface area contributed by atoms with Crippen molar-refractivity contribution in [2.75, 3.05) is 19.0 Å². The van der Waals surface area contributed by atoms with Gasteiger partial charge in [0.25, 0.3) is 0 Å². The largest absolute Gasteiger partial charge is 0.478 e. The summed E-state index contributed by atoms with van der Waals surface area (Å²) in [5.74, 6) is -2.08. The van der Waals surface area contributed by atoms with Gasteiger partial charge in [0.05, 0.1) is 28.2 Å². The first kappa shape index (κ1) is 33.5. The first-order valence-electron chi connectivity index (χ1n) is 13.1. The van der Waals surface area contributed by atoms with Gasteiger partial charge in [-0.25, -0.2) is 18.0 Å². The summed E-state index contributed by atoms with van der Waals surface area (Å²) in [4.78, 5) is 35.8. The number of benzene rings is 3. The van der Waals surface area contributed by atoms with Crippen LogP contribution < -0.4 is 10.6 Å². The van der Waals surface area contributed by atoms with Crippen LogP contribution in [0.5, 0.6) is 0 Å². The lowest BCUT2D eigenvalue weighted by Crippen LogP contribution is -2.46. The molecule has 0 spiro atoms. The summed E-state index contributed by atoms with van der Waals surface area (Å²) < 4.78 is 36.4. The monoisotopic (exact) mass is 632 g/mol. The minimum Gasteiger partial charge on any atom is -0.478 e. The van der Waals surface area contributed by atoms with Crippen LogP contribution in [0, 0.1) is 0 Å². The number of carboxylic acid groups (broad SMARTS) is 1. The number of anilines is 1. The molecule has 2 atom stereocenters. The number of halogens is 1. The van der Waals surface area contributed by atoms with Crippen LogP contribution in [0.15, 0.2) is 76.5 Å². The van der Waals surface area contributed by atoms with E-state index >= 15 is 0 Å². The van der Waals surface area contributed by atoms with Crippen molar-refractivity contribution in [3.05, 3.63) is 88.4 Å². The van der Waals surface area contributed by atoms with E-state index in [1.165, 1.54) is 24.3 Å². The third-order valence-electron chi connectivity index (χ3n) is 6.13. The lowest BCUT2D eigenvalue weighted by Gasteiger charge is -2.27. The van der Waals surface area contributed by atoms with Gasteiger partial charge in [0.2, 0.25) is 9.84 Å². The van der Waals surface area contributed by atoms with Gasteiger partial charge in [-0.05, 0) is 80.8 Å². The van der Waals surface area contributed by atoms with Gasteiger partial charge in [0.15, 0.2) is 0 Å². The molecule has 13 heteroatoms. The zero-order chi connectivity index (χ0) is 31.9. The summed E-state index contributed by atoms with van der Waals surface area (Å²) >= 11 is 6.06. The summed E-state index contributed by atoms with van der Waals surface area (Å²) in [5.41, 5.74) is -0.156. The van der Waals surface area contributed by atoms with E-state index in [-0.39, 0.29) is 22.0 Å². The highest BCUT2D eigenvalue weighted by molar-refractivity contribution is 7.91. The number of amides is 1. The first-order valence-corrected chi connectivity index (χ1v) is 14.9. The molecule has 230 valence electrons. The van der Waals surface area contributed by atoms with Crippen LogP contribution in [0.25, 0.3) is 0 Å². The zero-order valence-electron chi connectivity index (χ0n) is 24.0. The third kappa shape index (κ3) is 9.01. The Morgan fingerprint density at radius 2 is 1.63 bits per heavy atom. The van der Waals surface area contributed by atoms with Gasteiger partial charge in [0.1, 0.15) is 17.7 Å². The lowest BCUT2D eigenvalue weighted by molar-refractivity contribution is -0.160. The Hall–Kier alpha value is -3.97. The SMILES string of the molecule is COC(=O)Nc1ccc(S(=O)(=O)c2ccc(CCNC(C(=O)OC(C)(C)C)[C@H](O)c3cccc(Cl)c3)cc2)cc1C(=O)O. The fourth-order valence-electron chi connectivity index (χ4n) is 4.05. The molecule has 0 heterocycles. The molecule has 0 bridgehead atoms. The number of ether oxygens (including phenoxy) is 2. The summed E-state index contributed by atoms with van der Waals surface area (Å²) in [5, 5.41) is 26.2. The van der Waals surface area contributed by atoms with Gasteiger partial charge in [-0.15, -0.1) is 0 Å². The van der Waals surface area contributed by atoms with Crippen molar-refractivity contribution in [2.24, 2.45) is 0 Å². The molecular weight excluding hydrogens is 600 g/mol. The molecule has 43 heavy (non-hydrogen) atoms. The van der Waals surface area contributed by atoms with Crippen molar-refractivity contribution < 1.29 is 42.5 Å². The highest BCUT2D eigenvalue weighted by Gasteiger charge is 2.32. The number of nitrogens with one attached hydrogen (secondary N) is 2. The predicted molar refractivity (Wildman–Crippen MR) is 159 cm³/mol. The summed E-state index contributed by atoms with van der Waals surface area (Å²) in [6.45, 7) is 5.41. The molecule has 0 aliphatic heterocycles. The van der Waals surface area contributed by atoms with Crippen LogP contribution in [-0.2, 0) is 30.5 Å². The molecule has 3 rings (SSSR count). The van der Waals surface area contributed by atoms with Crippen LogP contribution in [0.3, 0.4) is 0 Å². The summed E-state index contributed by atoms with van der Waals surface area (Å²) in [6.07, 6.45) is -1.77. The Kier molecular flexibility index (Phi) is 10.9. The topological polar surface area (TPSA) is 168 Å². The summed E-state index contributed by atoms with van der Waals surface area (Å²) in [7, 11) is -2.99. The number of esters is 1. The van der Waals surface area contributed by atoms with Crippen molar-refractivity contribution in [3.63, 3.8) is 0 Å². The number of carbonyl (C=O) groups is 3. The van der Waals surface area contributed by atoms with E-state index in [1.54, 1.807) is 57.2 Å². The number of hydrogen-bond donors (Lipinski definition) is 4. The molecule has 0 aromatic heterocycles. The lowest BCUT2D eigenvalue weighted by atomic mass is 10.0. The van der Waals surface area contributed by atoms with E-state index in [1.807, 2.05) is 0 Å². The van der Waals surface area contributed by atoms with E-state index in [4.69, 9.17) is 16.3 Å². The standard InChI is InChI=1S/C30H33ClN2O9S/c1-30(2,3)42-28(37)25(26(34)19-6-5-7-20(31)16-19)32-15-14-18-8-10-21(11-9-18)43(39,40)22-12-13-24(33-29(38)41-4)23(17-22)27(35)36/h5-13,16-17,25-26,32,34H,14-15H2,1-4H3,(H,33,38)(H,35,36)/t25?,26-/m1/s1. The second kappa shape index (κ2) is 14.0. The molecule has 1 amide bonds. The molecular formula is C30H33ClN2O9S. The van der Waals surface area contributed by atoms with Crippen LogP contribution in [-0.4, -0.2) is 62.0 Å². The molecule has 0 radical (unpaired) electrons.